The van der Waals surface area contributed by atoms with Gasteiger partial charge in [-0.1, -0.05) is 32.1 Å². The molecule has 3 heteroatoms. The number of hydrogen-bond acceptors (Lipinski definition) is 2. The van der Waals surface area contributed by atoms with E-state index in [-0.39, 0.29) is 18.0 Å². The van der Waals surface area contributed by atoms with Gasteiger partial charge < -0.3 is 10.6 Å². The van der Waals surface area contributed by atoms with Gasteiger partial charge in [0.2, 0.25) is 5.91 Å². The van der Waals surface area contributed by atoms with Crippen molar-refractivity contribution >= 4 is 5.91 Å². The van der Waals surface area contributed by atoms with Crippen molar-refractivity contribution in [1.82, 2.24) is 10.6 Å². The molecule has 0 aromatic rings. The molecule has 1 aliphatic rings. The molecule has 0 bridgehead atoms. The molecule has 1 aliphatic carbocycles. The van der Waals surface area contributed by atoms with Crippen LogP contribution in [0.1, 0.15) is 59.3 Å². The Hall–Kier alpha value is -0.570. The molecule has 1 unspecified atom stereocenters. The third-order valence-corrected chi connectivity index (χ3v) is 3.55. The van der Waals surface area contributed by atoms with E-state index in [1.165, 1.54) is 38.5 Å². The molecule has 1 fully saturated rings. The highest BCUT2D eigenvalue weighted by molar-refractivity contribution is 5.81. The average molecular weight is 240 g/mol. The lowest BCUT2D eigenvalue weighted by Crippen LogP contribution is -2.45. The fourth-order valence-corrected chi connectivity index (χ4v) is 2.48. The Balaban J connectivity index is 2.10. The molecule has 17 heavy (non-hydrogen) atoms. The van der Waals surface area contributed by atoms with Gasteiger partial charge in [0.1, 0.15) is 0 Å². The highest BCUT2D eigenvalue weighted by Gasteiger charge is 2.15. The molecule has 3 nitrogen and oxygen atoms in total. The summed E-state index contributed by atoms with van der Waals surface area (Å²) in [5.74, 6) is 1.00. The Bertz CT molecular complexity index is 222. The van der Waals surface area contributed by atoms with Crippen LogP contribution in [0.2, 0.25) is 0 Å². The Labute approximate surface area is 106 Å². The largest absolute Gasteiger partial charge is 0.353 e. The first-order chi connectivity index (χ1) is 8.09. The molecule has 0 radical (unpaired) electrons. The number of carbonyl (C=O) groups is 1. The molecule has 0 aromatic heterocycles. The van der Waals surface area contributed by atoms with Crippen molar-refractivity contribution in [2.24, 2.45) is 5.92 Å². The Morgan fingerprint density at radius 2 is 1.82 bits per heavy atom. The summed E-state index contributed by atoms with van der Waals surface area (Å²) in [5, 5.41) is 6.25. The third kappa shape index (κ3) is 6.06. The summed E-state index contributed by atoms with van der Waals surface area (Å²) < 4.78 is 0. The Morgan fingerprint density at radius 3 is 2.41 bits per heavy atom. The number of nitrogens with one attached hydrogen (secondary N) is 2. The van der Waals surface area contributed by atoms with Crippen LogP contribution in [0, 0.1) is 5.92 Å². The van der Waals surface area contributed by atoms with Crippen LogP contribution in [-0.4, -0.2) is 24.5 Å². The minimum atomic E-state index is -0.0685. The van der Waals surface area contributed by atoms with E-state index in [0.717, 1.165) is 12.5 Å². The van der Waals surface area contributed by atoms with Crippen LogP contribution < -0.4 is 10.6 Å². The highest BCUT2D eigenvalue weighted by Crippen LogP contribution is 2.25. The van der Waals surface area contributed by atoms with Gasteiger partial charge in [-0.25, -0.2) is 0 Å². The van der Waals surface area contributed by atoms with Gasteiger partial charge in [-0.15, -0.1) is 0 Å². The van der Waals surface area contributed by atoms with Crippen molar-refractivity contribution in [3.05, 3.63) is 0 Å². The number of hydrogen-bond donors (Lipinski definition) is 2. The van der Waals surface area contributed by atoms with Crippen molar-refractivity contribution in [1.29, 1.82) is 0 Å². The van der Waals surface area contributed by atoms with E-state index >= 15 is 0 Å². The number of amides is 1. The van der Waals surface area contributed by atoms with Crippen LogP contribution in [0.5, 0.6) is 0 Å². The van der Waals surface area contributed by atoms with Crippen molar-refractivity contribution in [3.63, 3.8) is 0 Å². The van der Waals surface area contributed by atoms with Crippen LogP contribution in [0.4, 0.5) is 0 Å². The summed E-state index contributed by atoms with van der Waals surface area (Å²) in [5.41, 5.74) is 0. The Morgan fingerprint density at radius 1 is 1.18 bits per heavy atom. The van der Waals surface area contributed by atoms with Gasteiger partial charge in [0.15, 0.2) is 0 Å². The predicted octanol–water partition coefficient (Wildman–Crippen LogP) is 2.46. The van der Waals surface area contributed by atoms with Crippen molar-refractivity contribution in [2.45, 2.75) is 71.4 Å². The maximum atomic E-state index is 11.7. The standard InChI is InChI=1S/C14H28N2O/c1-11(2)16-14(17)12(3)15-10-9-13-7-5-4-6-8-13/h11-13,15H,4-10H2,1-3H3,(H,16,17). The van der Waals surface area contributed by atoms with Gasteiger partial charge in [0, 0.05) is 6.04 Å². The summed E-state index contributed by atoms with van der Waals surface area (Å²) in [7, 11) is 0. The first kappa shape index (κ1) is 14.5. The third-order valence-electron chi connectivity index (χ3n) is 3.55. The van der Waals surface area contributed by atoms with E-state index in [1.54, 1.807) is 0 Å². The molecule has 0 heterocycles. The van der Waals surface area contributed by atoms with Crippen molar-refractivity contribution in [3.8, 4) is 0 Å². The second kappa shape index (κ2) is 7.70. The predicted molar refractivity (Wildman–Crippen MR) is 71.9 cm³/mol. The maximum Gasteiger partial charge on any atom is 0.237 e. The van der Waals surface area contributed by atoms with Crippen LogP contribution in [-0.2, 0) is 4.79 Å². The summed E-state index contributed by atoms with van der Waals surface area (Å²) in [6, 6.07) is 0.158. The lowest BCUT2D eigenvalue weighted by molar-refractivity contribution is -0.123. The molecule has 1 atom stereocenters. The van der Waals surface area contributed by atoms with Crippen LogP contribution in [0.25, 0.3) is 0 Å². The molecule has 0 aromatic carbocycles. The molecule has 1 rings (SSSR count). The lowest BCUT2D eigenvalue weighted by atomic mass is 9.87. The van der Waals surface area contributed by atoms with E-state index in [4.69, 9.17) is 0 Å². The second-order valence-corrected chi connectivity index (χ2v) is 5.63. The lowest BCUT2D eigenvalue weighted by Gasteiger charge is -2.22. The summed E-state index contributed by atoms with van der Waals surface area (Å²) in [4.78, 5) is 11.7. The zero-order valence-corrected chi connectivity index (χ0v) is 11.6. The smallest absolute Gasteiger partial charge is 0.237 e. The minimum Gasteiger partial charge on any atom is -0.353 e. The van der Waals surface area contributed by atoms with Gasteiger partial charge in [0.25, 0.3) is 0 Å². The average Bonchev–Trinajstić information content (AvgIpc) is 2.29. The van der Waals surface area contributed by atoms with E-state index in [9.17, 15) is 4.79 Å². The normalized spacial score (nSPS) is 19.3. The van der Waals surface area contributed by atoms with Crippen molar-refractivity contribution < 1.29 is 4.79 Å². The molecule has 0 aliphatic heterocycles. The quantitative estimate of drug-likeness (QED) is 0.749. The summed E-state index contributed by atoms with van der Waals surface area (Å²) in [6.07, 6.45) is 8.20. The maximum absolute atomic E-state index is 11.7. The zero-order chi connectivity index (χ0) is 12.7. The fraction of sp³-hybridized carbons (Fsp3) is 0.929. The minimum absolute atomic E-state index is 0.0685. The molecule has 1 amide bonds. The van der Waals surface area contributed by atoms with Crippen LogP contribution >= 0.6 is 0 Å². The molecular weight excluding hydrogens is 212 g/mol. The summed E-state index contributed by atoms with van der Waals surface area (Å²) in [6.45, 7) is 6.90. The Kier molecular flexibility index (Phi) is 6.56. The molecule has 0 saturated heterocycles. The van der Waals surface area contributed by atoms with Crippen LogP contribution in [0.3, 0.4) is 0 Å². The van der Waals surface area contributed by atoms with E-state index < -0.39 is 0 Å². The monoisotopic (exact) mass is 240 g/mol. The molecule has 100 valence electrons. The van der Waals surface area contributed by atoms with E-state index in [0.29, 0.717) is 0 Å². The van der Waals surface area contributed by atoms with Gasteiger partial charge in [-0.2, -0.15) is 0 Å². The highest BCUT2D eigenvalue weighted by atomic mass is 16.2. The summed E-state index contributed by atoms with van der Waals surface area (Å²) >= 11 is 0. The fourth-order valence-electron chi connectivity index (χ4n) is 2.48. The topological polar surface area (TPSA) is 41.1 Å². The molecule has 0 spiro atoms. The number of rotatable bonds is 6. The molecule has 2 N–H and O–H groups in total. The molecular formula is C14H28N2O. The number of carbonyl (C=O) groups excluding carboxylic acids is 1. The van der Waals surface area contributed by atoms with Gasteiger partial charge in [-0.05, 0) is 39.7 Å². The first-order valence-electron chi connectivity index (χ1n) is 7.13. The van der Waals surface area contributed by atoms with E-state index in [2.05, 4.69) is 10.6 Å². The molecule has 1 saturated carbocycles. The van der Waals surface area contributed by atoms with Gasteiger partial charge >= 0.3 is 0 Å². The van der Waals surface area contributed by atoms with Crippen molar-refractivity contribution in [2.75, 3.05) is 6.54 Å². The zero-order valence-electron chi connectivity index (χ0n) is 11.6. The van der Waals surface area contributed by atoms with Crippen LogP contribution in [0.15, 0.2) is 0 Å². The first-order valence-corrected chi connectivity index (χ1v) is 7.13. The second-order valence-electron chi connectivity index (χ2n) is 5.63. The van der Waals surface area contributed by atoms with Gasteiger partial charge in [-0.3, -0.25) is 4.79 Å². The van der Waals surface area contributed by atoms with E-state index in [1.807, 2.05) is 20.8 Å². The van der Waals surface area contributed by atoms with Gasteiger partial charge in [0.05, 0.1) is 6.04 Å². The SMILES string of the molecule is CC(C)NC(=O)C(C)NCCC1CCCCC1.